The lowest BCUT2D eigenvalue weighted by atomic mass is 9.88. The van der Waals surface area contributed by atoms with Crippen molar-refractivity contribution >= 4 is 6.29 Å². The van der Waals surface area contributed by atoms with Gasteiger partial charge in [0.15, 0.2) is 0 Å². The molecule has 19 heavy (non-hydrogen) atoms. The van der Waals surface area contributed by atoms with Crippen LogP contribution in [-0.4, -0.2) is 6.29 Å². The number of hydrogen-bond donors (Lipinski definition) is 0. The van der Waals surface area contributed by atoms with Crippen LogP contribution in [-0.2, 0) is 4.79 Å². The maximum atomic E-state index is 10.6. The van der Waals surface area contributed by atoms with E-state index in [2.05, 4.69) is 13.2 Å². The monoisotopic (exact) mass is 267 g/mol. The fourth-order valence-corrected chi connectivity index (χ4v) is 2.46. The van der Waals surface area contributed by atoms with E-state index in [4.69, 9.17) is 0 Å². The summed E-state index contributed by atoms with van der Waals surface area (Å²) in [5.41, 5.74) is -0.224. The van der Waals surface area contributed by atoms with Crippen LogP contribution in [0.3, 0.4) is 0 Å². The molecule has 0 amide bonds. The average molecular weight is 267 g/mol. The third kappa shape index (κ3) is 13.9. The van der Waals surface area contributed by atoms with Crippen molar-refractivity contribution in [2.75, 3.05) is 0 Å². The second-order valence-electron chi connectivity index (χ2n) is 6.63. The topological polar surface area (TPSA) is 17.1 Å². The Morgan fingerprint density at radius 2 is 1.05 bits per heavy atom. The zero-order chi connectivity index (χ0) is 14.4. The van der Waals surface area contributed by atoms with Crippen molar-refractivity contribution in [1.82, 2.24) is 0 Å². The summed E-state index contributed by atoms with van der Waals surface area (Å²) in [7, 11) is 0. The Bertz CT molecular complexity index is 196. The molecule has 1 heteroatoms. The van der Waals surface area contributed by atoms with E-state index < -0.39 is 0 Å². The predicted octanol–water partition coefficient (Wildman–Crippen LogP) is 6.21. The number of unbranched alkanes of at least 4 members (excludes halogenated alkanes) is 11. The first-order chi connectivity index (χ1) is 9.12. The highest BCUT2D eigenvalue weighted by Crippen LogP contribution is 2.21. The zero-order valence-electron chi connectivity index (χ0n) is 13.6. The minimum atomic E-state index is -0.224. The van der Waals surface area contributed by atoms with Crippen molar-refractivity contribution in [3.8, 4) is 0 Å². The highest BCUT2D eigenvalue weighted by atomic mass is 16.1. The Labute approximate surface area is 121 Å². The molecular weight excluding hydrogens is 232 g/mol. The summed E-state index contributed by atoms with van der Waals surface area (Å²) in [6, 6.07) is 0. The van der Waals surface area contributed by atoms with Crippen molar-refractivity contribution < 1.29 is 4.79 Å². The molecule has 0 aliphatic rings. The van der Waals surface area contributed by atoms with Gasteiger partial charge < -0.3 is 0 Å². The van der Waals surface area contributed by atoms with E-state index >= 15 is 0 Å². The van der Waals surface area contributed by atoms with Gasteiger partial charge >= 0.3 is 0 Å². The average Bonchev–Trinajstić information content (AvgIpc) is 2.40. The molecule has 1 radical (unpaired) electrons. The van der Waals surface area contributed by atoms with Gasteiger partial charge in [0.05, 0.1) is 0 Å². The van der Waals surface area contributed by atoms with E-state index in [9.17, 15) is 4.79 Å². The maximum Gasteiger partial charge on any atom is 0.204 e. The molecule has 0 aromatic rings. The summed E-state index contributed by atoms with van der Waals surface area (Å²) in [4.78, 5) is 10.6. The molecule has 0 unspecified atom stereocenters. The van der Waals surface area contributed by atoms with E-state index in [0.717, 1.165) is 6.42 Å². The Morgan fingerprint density at radius 3 is 1.42 bits per heavy atom. The lowest BCUT2D eigenvalue weighted by Gasteiger charge is -2.14. The summed E-state index contributed by atoms with van der Waals surface area (Å²) >= 11 is 0. The summed E-state index contributed by atoms with van der Waals surface area (Å²) in [5, 5.41) is 0. The van der Waals surface area contributed by atoms with Gasteiger partial charge in [0.1, 0.15) is 0 Å². The van der Waals surface area contributed by atoms with Gasteiger partial charge in [-0.1, -0.05) is 97.8 Å². The molecule has 0 spiro atoms. The molecule has 0 bridgehead atoms. The largest absolute Gasteiger partial charge is 0.290 e. The zero-order valence-corrected chi connectivity index (χ0v) is 13.6. The molecule has 0 aliphatic heterocycles. The molecule has 0 saturated carbocycles. The molecule has 0 aromatic carbocycles. The van der Waals surface area contributed by atoms with Gasteiger partial charge in [-0.15, -0.1) is 0 Å². The van der Waals surface area contributed by atoms with Crippen molar-refractivity contribution in [3.05, 3.63) is 0 Å². The molecule has 0 aromatic heterocycles. The Morgan fingerprint density at radius 1 is 0.684 bits per heavy atom. The molecule has 0 fully saturated rings. The van der Waals surface area contributed by atoms with Crippen LogP contribution in [0, 0.1) is 5.41 Å². The number of carbonyl (C=O) groups excluding carboxylic acids is 1. The minimum Gasteiger partial charge on any atom is -0.290 e. The highest BCUT2D eigenvalue weighted by Gasteiger charge is 2.16. The van der Waals surface area contributed by atoms with Crippen LogP contribution in [0.25, 0.3) is 0 Å². The highest BCUT2D eigenvalue weighted by molar-refractivity contribution is 5.58. The molecule has 0 N–H and O–H groups in total. The summed E-state index contributed by atoms with van der Waals surface area (Å²) < 4.78 is 0. The van der Waals surface area contributed by atoms with Crippen LogP contribution in [0.4, 0.5) is 0 Å². The van der Waals surface area contributed by atoms with Gasteiger partial charge in [0.2, 0.25) is 6.29 Å². The molecule has 0 atom stereocenters. The third-order valence-corrected chi connectivity index (χ3v) is 3.93. The van der Waals surface area contributed by atoms with E-state index in [1.165, 1.54) is 77.0 Å². The van der Waals surface area contributed by atoms with Gasteiger partial charge in [0, 0.05) is 5.41 Å². The van der Waals surface area contributed by atoms with Gasteiger partial charge in [0.25, 0.3) is 0 Å². The van der Waals surface area contributed by atoms with Crippen LogP contribution < -0.4 is 0 Å². The summed E-state index contributed by atoms with van der Waals surface area (Å²) in [6.07, 6.45) is 19.6. The SMILES string of the molecule is CCCCCCCCCCCCCCC(C)(C)[C]=O. The second kappa shape index (κ2) is 12.7. The molecular formula is C18H35O. The third-order valence-electron chi connectivity index (χ3n) is 3.93. The lowest BCUT2D eigenvalue weighted by molar-refractivity contribution is 0.403. The smallest absolute Gasteiger partial charge is 0.204 e. The molecule has 0 saturated heterocycles. The fourth-order valence-electron chi connectivity index (χ4n) is 2.46. The van der Waals surface area contributed by atoms with E-state index in [1.54, 1.807) is 0 Å². The first kappa shape index (κ1) is 18.7. The van der Waals surface area contributed by atoms with Crippen molar-refractivity contribution in [2.45, 2.75) is 104 Å². The van der Waals surface area contributed by atoms with Crippen LogP contribution >= 0.6 is 0 Å². The van der Waals surface area contributed by atoms with Crippen molar-refractivity contribution in [3.63, 3.8) is 0 Å². The van der Waals surface area contributed by atoms with Crippen LogP contribution in [0.2, 0.25) is 0 Å². The van der Waals surface area contributed by atoms with Gasteiger partial charge in [-0.2, -0.15) is 0 Å². The molecule has 0 aliphatic carbocycles. The van der Waals surface area contributed by atoms with Gasteiger partial charge in [-0.25, -0.2) is 0 Å². The van der Waals surface area contributed by atoms with Crippen LogP contribution in [0.15, 0.2) is 0 Å². The van der Waals surface area contributed by atoms with Crippen LogP contribution in [0.5, 0.6) is 0 Å². The first-order valence-electron chi connectivity index (χ1n) is 8.51. The van der Waals surface area contributed by atoms with E-state index in [0.29, 0.717) is 0 Å². The summed E-state index contributed by atoms with van der Waals surface area (Å²) in [5.74, 6) is 0. The minimum absolute atomic E-state index is 0.224. The van der Waals surface area contributed by atoms with Crippen LogP contribution in [0.1, 0.15) is 104 Å². The predicted molar refractivity (Wildman–Crippen MR) is 85.2 cm³/mol. The normalized spacial score (nSPS) is 11.7. The van der Waals surface area contributed by atoms with E-state index in [-0.39, 0.29) is 5.41 Å². The van der Waals surface area contributed by atoms with E-state index in [1.807, 2.05) is 13.8 Å². The van der Waals surface area contributed by atoms with Gasteiger partial charge in [-0.3, -0.25) is 4.79 Å². The van der Waals surface area contributed by atoms with Crippen molar-refractivity contribution in [2.24, 2.45) is 5.41 Å². The standard InChI is InChI=1S/C18H35O/c1-4-5-6-7-8-9-10-11-12-13-14-15-16-18(2,3)17-19/h4-16H2,1-3H3. The lowest BCUT2D eigenvalue weighted by Crippen LogP contribution is -2.12. The first-order valence-corrected chi connectivity index (χ1v) is 8.51. The maximum absolute atomic E-state index is 10.6. The second-order valence-corrected chi connectivity index (χ2v) is 6.63. The Balaban J connectivity index is 3.09. The number of rotatable bonds is 14. The quantitative estimate of drug-likeness (QED) is 0.342. The number of hydrogen-bond acceptors (Lipinski definition) is 1. The molecule has 0 heterocycles. The molecule has 1 nitrogen and oxygen atoms in total. The Kier molecular flexibility index (Phi) is 12.5. The Hall–Kier alpha value is -0.330. The van der Waals surface area contributed by atoms with Gasteiger partial charge in [-0.05, 0) is 6.42 Å². The van der Waals surface area contributed by atoms with Crippen molar-refractivity contribution in [1.29, 1.82) is 0 Å². The molecule has 113 valence electrons. The molecule has 0 rings (SSSR count). The fraction of sp³-hybridized carbons (Fsp3) is 0.944. The summed E-state index contributed by atoms with van der Waals surface area (Å²) in [6.45, 7) is 6.24.